The van der Waals surface area contributed by atoms with Gasteiger partial charge in [0.05, 0.1) is 6.04 Å². The third-order valence-corrected chi connectivity index (χ3v) is 5.41. The molecule has 0 aliphatic carbocycles. The van der Waals surface area contributed by atoms with E-state index in [0.29, 0.717) is 5.06 Å². The highest BCUT2D eigenvalue weighted by atomic mass is 32.3. The van der Waals surface area contributed by atoms with Gasteiger partial charge in [0.25, 0.3) is 11.8 Å². The maximum Gasteiger partial charge on any atom is 0.418 e. The van der Waals surface area contributed by atoms with Crippen LogP contribution in [-0.2, 0) is 24.3 Å². The van der Waals surface area contributed by atoms with E-state index in [1.807, 2.05) is 30.6 Å². The Balaban J connectivity index is 0.000000625. The first kappa shape index (κ1) is 27.7. The SMILES string of the molecule is CC(C)(C)N(CC(=O)NNC(=O)C1CCC2CN1C(=O)N2OS(=O)(=O)O)C(=O)[O-].c1cc[nH+]cc1. The van der Waals surface area contributed by atoms with E-state index < -0.39 is 58.5 Å². The highest BCUT2D eigenvalue weighted by Gasteiger charge is 2.49. The number of rotatable bonds is 5. The molecule has 1 aromatic heterocycles. The summed E-state index contributed by atoms with van der Waals surface area (Å²) in [6.45, 7) is 4.09. The quantitative estimate of drug-likeness (QED) is 0.294. The molecule has 2 aliphatic rings. The summed E-state index contributed by atoms with van der Waals surface area (Å²) < 4.78 is 34.7. The van der Waals surface area contributed by atoms with Crippen LogP contribution in [-0.4, -0.2) is 82.5 Å². The van der Waals surface area contributed by atoms with Crippen LogP contribution in [0.5, 0.6) is 0 Å². The highest BCUT2D eigenvalue weighted by molar-refractivity contribution is 7.80. The molecule has 194 valence electrons. The van der Waals surface area contributed by atoms with Crippen molar-refractivity contribution < 1.29 is 46.5 Å². The van der Waals surface area contributed by atoms with Crippen molar-refractivity contribution in [2.45, 2.75) is 51.2 Å². The summed E-state index contributed by atoms with van der Waals surface area (Å²) in [7, 11) is -4.91. The molecule has 0 aromatic carbocycles. The number of pyridine rings is 1. The minimum atomic E-state index is -4.91. The summed E-state index contributed by atoms with van der Waals surface area (Å²) in [4.78, 5) is 52.4. The van der Waals surface area contributed by atoms with Crippen molar-refractivity contribution in [2.24, 2.45) is 0 Å². The van der Waals surface area contributed by atoms with Gasteiger partial charge >= 0.3 is 16.4 Å². The number of carboxylic acid groups (broad SMARTS) is 1. The molecule has 4 N–H and O–H groups in total. The molecule has 2 aliphatic heterocycles. The molecule has 2 saturated heterocycles. The van der Waals surface area contributed by atoms with Crippen molar-refractivity contribution in [1.29, 1.82) is 0 Å². The van der Waals surface area contributed by atoms with Crippen LogP contribution in [0.15, 0.2) is 30.6 Å². The van der Waals surface area contributed by atoms with Gasteiger partial charge in [0.2, 0.25) is 0 Å². The van der Waals surface area contributed by atoms with Gasteiger partial charge in [-0.1, -0.05) is 6.07 Å². The van der Waals surface area contributed by atoms with Crippen LogP contribution in [0.25, 0.3) is 0 Å². The van der Waals surface area contributed by atoms with Crippen LogP contribution in [0.2, 0.25) is 0 Å². The molecule has 2 fully saturated rings. The Kier molecular flexibility index (Phi) is 8.94. The smallest absolute Gasteiger partial charge is 0.418 e. The molecule has 1 aromatic rings. The number of hydrogen-bond donors (Lipinski definition) is 3. The molecule has 3 rings (SSSR count). The first-order chi connectivity index (χ1) is 16.2. The summed E-state index contributed by atoms with van der Waals surface area (Å²) in [6, 6.07) is 3.25. The second-order valence-corrected chi connectivity index (χ2v) is 9.65. The van der Waals surface area contributed by atoms with Gasteiger partial charge in [-0.25, -0.2) is 9.78 Å². The van der Waals surface area contributed by atoms with Crippen LogP contribution in [0.1, 0.15) is 33.6 Å². The van der Waals surface area contributed by atoms with E-state index in [1.54, 1.807) is 20.8 Å². The predicted octanol–water partition coefficient (Wildman–Crippen LogP) is -1.92. The van der Waals surface area contributed by atoms with Crippen LogP contribution in [0.3, 0.4) is 0 Å². The lowest BCUT2D eigenvalue weighted by atomic mass is 10.0. The Bertz CT molecular complexity index is 1000. The Hall–Kier alpha value is -3.50. The lowest BCUT2D eigenvalue weighted by Gasteiger charge is -2.37. The average Bonchev–Trinajstić information content (AvgIpc) is 3.00. The van der Waals surface area contributed by atoms with Crippen LogP contribution >= 0.6 is 0 Å². The van der Waals surface area contributed by atoms with Gasteiger partial charge in [-0.15, -0.1) is 4.28 Å². The van der Waals surface area contributed by atoms with Gasteiger partial charge in [0.15, 0.2) is 12.4 Å². The van der Waals surface area contributed by atoms with Crippen molar-refractivity contribution in [3.05, 3.63) is 30.6 Å². The Morgan fingerprint density at radius 1 is 1.20 bits per heavy atom. The zero-order chi connectivity index (χ0) is 26.4. The molecule has 35 heavy (non-hydrogen) atoms. The van der Waals surface area contributed by atoms with Gasteiger partial charge in [-0.05, 0) is 33.6 Å². The summed E-state index contributed by atoms with van der Waals surface area (Å²) in [5.74, 6) is -1.58. The molecule has 3 heterocycles. The highest BCUT2D eigenvalue weighted by Crippen LogP contribution is 2.30. The monoisotopic (exact) mass is 516 g/mol. The van der Waals surface area contributed by atoms with E-state index in [4.69, 9.17) is 4.55 Å². The van der Waals surface area contributed by atoms with Gasteiger partial charge in [0, 0.05) is 24.2 Å². The number of aromatic amines is 1. The minimum absolute atomic E-state index is 0.0110. The number of fused-ring (bicyclic) bond motifs is 2. The number of urea groups is 1. The van der Waals surface area contributed by atoms with Gasteiger partial charge in [-0.2, -0.15) is 13.5 Å². The van der Waals surface area contributed by atoms with Crippen molar-refractivity contribution in [1.82, 2.24) is 25.7 Å². The Morgan fingerprint density at radius 2 is 1.83 bits per heavy atom. The molecular formula is C19H28N6O9S. The number of H-pyrrole nitrogens is 1. The maximum absolute atomic E-state index is 12.4. The lowest BCUT2D eigenvalue weighted by molar-refractivity contribution is -0.378. The average molecular weight is 517 g/mol. The number of hydrazine groups is 1. The number of amides is 5. The van der Waals surface area contributed by atoms with E-state index in [9.17, 15) is 32.7 Å². The van der Waals surface area contributed by atoms with E-state index >= 15 is 0 Å². The van der Waals surface area contributed by atoms with E-state index in [2.05, 4.69) is 20.1 Å². The molecule has 16 heteroatoms. The largest absolute Gasteiger partial charge is 0.530 e. The van der Waals surface area contributed by atoms with Crippen LogP contribution in [0.4, 0.5) is 9.59 Å². The number of aromatic nitrogens is 1. The number of hydrogen-bond acceptors (Lipinski definition) is 8. The molecule has 2 atom stereocenters. The number of nitrogens with zero attached hydrogens (tertiary/aromatic N) is 3. The van der Waals surface area contributed by atoms with E-state index in [1.165, 1.54) is 0 Å². The fraction of sp³-hybridized carbons (Fsp3) is 0.526. The zero-order valence-corrected chi connectivity index (χ0v) is 20.1. The molecule has 15 nitrogen and oxygen atoms in total. The number of carbonyl (C=O) groups is 4. The molecule has 0 spiro atoms. The van der Waals surface area contributed by atoms with Crippen LogP contribution < -0.4 is 20.9 Å². The molecule has 2 bridgehead atoms. The fourth-order valence-electron chi connectivity index (χ4n) is 3.42. The lowest BCUT2D eigenvalue weighted by Crippen LogP contribution is -2.58. The fourth-order valence-corrected chi connectivity index (χ4v) is 3.81. The molecular weight excluding hydrogens is 488 g/mol. The number of nitrogens with one attached hydrogen (secondary N) is 3. The first-order valence-electron chi connectivity index (χ1n) is 10.5. The molecule has 2 unspecified atom stereocenters. The third-order valence-electron chi connectivity index (χ3n) is 5.06. The minimum Gasteiger partial charge on any atom is -0.530 e. The maximum atomic E-state index is 12.4. The van der Waals surface area contributed by atoms with Crippen molar-refractivity contribution in [3.8, 4) is 0 Å². The summed E-state index contributed by atoms with van der Waals surface area (Å²) in [6.07, 6.45) is 2.56. The Morgan fingerprint density at radius 3 is 2.29 bits per heavy atom. The van der Waals surface area contributed by atoms with Crippen LogP contribution in [0, 0.1) is 0 Å². The number of piperidine rings is 1. The molecule has 5 amide bonds. The summed E-state index contributed by atoms with van der Waals surface area (Å²) in [5.41, 5.74) is 3.28. The zero-order valence-electron chi connectivity index (χ0n) is 19.3. The van der Waals surface area contributed by atoms with Crippen molar-refractivity contribution >= 4 is 34.3 Å². The normalized spacial score (nSPS) is 19.4. The second kappa shape index (κ2) is 11.3. The van der Waals surface area contributed by atoms with Gasteiger partial charge < -0.3 is 19.7 Å². The standard InChI is InChI=1S/C14H23N5O9S.C5H5N/c1-14(2,3)18(13(23)24)7-10(20)15-16-11(21)9-5-4-8-6-17(9)12(22)19(8)28-29(25,26)27;1-2-4-6-5-3-1/h8-9H,4-7H2,1-3H3,(H,15,20)(H,16,21)(H,23,24)(H,25,26,27);1-5H. The van der Waals surface area contributed by atoms with E-state index in [-0.39, 0.29) is 19.4 Å². The second-order valence-electron chi connectivity index (χ2n) is 8.65. The summed E-state index contributed by atoms with van der Waals surface area (Å²) >= 11 is 0. The molecule has 0 saturated carbocycles. The topological polar surface area (TPSA) is 203 Å². The molecule has 0 radical (unpaired) electrons. The van der Waals surface area contributed by atoms with Gasteiger partial charge in [-0.3, -0.25) is 25.0 Å². The van der Waals surface area contributed by atoms with Crippen molar-refractivity contribution in [2.75, 3.05) is 13.1 Å². The third kappa shape index (κ3) is 8.04. The number of hydroxylamine groups is 2. The van der Waals surface area contributed by atoms with Crippen molar-refractivity contribution in [3.63, 3.8) is 0 Å². The predicted molar refractivity (Wildman–Crippen MR) is 115 cm³/mol. The summed E-state index contributed by atoms with van der Waals surface area (Å²) in [5, 5.41) is 11.6. The van der Waals surface area contributed by atoms with Gasteiger partial charge in [0.1, 0.15) is 18.7 Å². The number of carbonyl (C=O) groups excluding carboxylic acids is 4. The van der Waals surface area contributed by atoms with E-state index in [0.717, 1.165) is 9.80 Å². The first-order valence-corrected chi connectivity index (χ1v) is 11.8. The Labute approximate surface area is 201 Å².